The van der Waals surface area contributed by atoms with E-state index in [0.717, 1.165) is 12.1 Å². The Morgan fingerprint density at radius 3 is 2.16 bits per heavy atom. The molecule has 0 saturated heterocycles. The van der Waals surface area contributed by atoms with Gasteiger partial charge in [0, 0.05) is 22.5 Å². The van der Waals surface area contributed by atoms with Gasteiger partial charge in [-0.3, -0.25) is 9.59 Å². The molecule has 25 heavy (non-hydrogen) atoms. The maximum atomic E-state index is 13.2. The van der Waals surface area contributed by atoms with Gasteiger partial charge in [-0.25, -0.2) is 8.78 Å². The van der Waals surface area contributed by atoms with Gasteiger partial charge in [0.25, 0.3) is 0 Å². The lowest BCUT2D eigenvalue weighted by molar-refractivity contribution is -0.127. The van der Waals surface area contributed by atoms with E-state index < -0.39 is 29.5 Å². The smallest absolute Gasteiger partial charge is 0.240 e. The third-order valence-corrected chi connectivity index (χ3v) is 4.14. The lowest BCUT2D eigenvalue weighted by Crippen LogP contribution is -2.46. The van der Waals surface area contributed by atoms with Crippen molar-refractivity contribution in [2.24, 2.45) is 5.73 Å². The molecule has 0 saturated carbocycles. The van der Waals surface area contributed by atoms with E-state index in [2.05, 4.69) is 5.32 Å². The van der Waals surface area contributed by atoms with E-state index in [9.17, 15) is 18.4 Å². The van der Waals surface area contributed by atoms with Gasteiger partial charge in [0.05, 0.1) is 6.42 Å². The van der Waals surface area contributed by atoms with Crippen LogP contribution in [0, 0.1) is 11.6 Å². The molecule has 0 aliphatic rings. The van der Waals surface area contributed by atoms with Crippen molar-refractivity contribution >= 4 is 35.0 Å². The van der Waals surface area contributed by atoms with Crippen LogP contribution in [0.1, 0.15) is 11.1 Å². The van der Waals surface area contributed by atoms with Crippen LogP contribution in [0.15, 0.2) is 36.4 Å². The lowest BCUT2D eigenvalue weighted by atomic mass is 10.0. The molecule has 0 fully saturated rings. The molecule has 1 atom stereocenters. The zero-order valence-corrected chi connectivity index (χ0v) is 14.4. The van der Waals surface area contributed by atoms with Gasteiger partial charge in [-0.05, 0) is 35.4 Å². The van der Waals surface area contributed by atoms with Gasteiger partial charge in [0.1, 0.15) is 17.7 Å². The number of rotatable bonds is 6. The number of primary amides is 1. The zero-order valence-electron chi connectivity index (χ0n) is 12.9. The molecule has 8 heteroatoms. The van der Waals surface area contributed by atoms with Crippen molar-refractivity contribution in [3.05, 3.63) is 69.2 Å². The van der Waals surface area contributed by atoms with Gasteiger partial charge in [0.15, 0.2) is 0 Å². The number of halogens is 4. The molecule has 0 radical (unpaired) electrons. The summed E-state index contributed by atoms with van der Waals surface area (Å²) in [4.78, 5) is 23.7. The van der Waals surface area contributed by atoms with Gasteiger partial charge >= 0.3 is 0 Å². The molecule has 0 heterocycles. The molecule has 2 aromatic rings. The van der Waals surface area contributed by atoms with E-state index in [1.54, 1.807) is 18.2 Å². The normalized spacial score (nSPS) is 11.8. The summed E-state index contributed by atoms with van der Waals surface area (Å²) in [5.74, 6) is -2.99. The maximum absolute atomic E-state index is 13.2. The molecule has 2 aromatic carbocycles. The van der Waals surface area contributed by atoms with E-state index in [4.69, 9.17) is 28.9 Å². The van der Waals surface area contributed by atoms with Crippen LogP contribution >= 0.6 is 23.2 Å². The minimum absolute atomic E-state index is 0.00289. The summed E-state index contributed by atoms with van der Waals surface area (Å²) >= 11 is 12.1. The van der Waals surface area contributed by atoms with Gasteiger partial charge < -0.3 is 11.1 Å². The topological polar surface area (TPSA) is 72.2 Å². The van der Waals surface area contributed by atoms with Crippen molar-refractivity contribution in [2.45, 2.75) is 18.9 Å². The fourth-order valence-electron chi connectivity index (χ4n) is 2.30. The first kappa shape index (κ1) is 19.1. The Morgan fingerprint density at radius 2 is 1.64 bits per heavy atom. The van der Waals surface area contributed by atoms with Gasteiger partial charge in [0.2, 0.25) is 11.8 Å². The molecule has 132 valence electrons. The van der Waals surface area contributed by atoms with Crippen molar-refractivity contribution in [3.63, 3.8) is 0 Å². The second-order valence-electron chi connectivity index (χ2n) is 5.38. The van der Waals surface area contributed by atoms with Crippen LogP contribution < -0.4 is 11.1 Å². The highest BCUT2D eigenvalue weighted by Gasteiger charge is 2.21. The van der Waals surface area contributed by atoms with Crippen molar-refractivity contribution in [3.8, 4) is 0 Å². The van der Waals surface area contributed by atoms with Gasteiger partial charge in [-0.2, -0.15) is 0 Å². The number of amides is 2. The van der Waals surface area contributed by atoms with Crippen LogP contribution in [0.2, 0.25) is 10.0 Å². The van der Waals surface area contributed by atoms with E-state index >= 15 is 0 Å². The molecular formula is C17H14Cl2F2N2O2. The Balaban J connectivity index is 2.11. The summed E-state index contributed by atoms with van der Waals surface area (Å²) in [6.45, 7) is 0. The van der Waals surface area contributed by atoms with E-state index in [1.165, 1.54) is 0 Å². The minimum atomic E-state index is -1.07. The van der Waals surface area contributed by atoms with Crippen LogP contribution in [0.3, 0.4) is 0 Å². The Bertz CT molecular complexity index is 775. The van der Waals surface area contributed by atoms with E-state index in [-0.39, 0.29) is 18.4 Å². The van der Waals surface area contributed by atoms with E-state index in [0.29, 0.717) is 21.7 Å². The van der Waals surface area contributed by atoms with Crippen molar-refractivity contribution in [1.82, 2.24) is 5.32 Å². The minimum Gasteiger partial charge on any atom is -0.368 e. The Kier molecular flexibility index (Phi) is 6.33. The molecule has 0 aliphatic carbocycles. The number of carbonyl (C=O) groups excluding carboxylic acids is 2. The fraction of sp³-hybridized carbons (Fsp3) is 0.176. The number of nitrogens with two attached hydrogens (primary N) is 1. The Labute approximate surface area is 152 Å². The van der Waals surface area contributed by atoms with Crippen LogP contribution in [0.25, 0.3) is 0 Å². The lowest BCUT2D eigenvalue weighted by Gasteiger charge is -2.17. The quantitative estimate of drug-likeness (QED) is 0.800. The average molecular weight is 387 g/mol. The van der Waals surface area contributed by atoms with Crippen LogP contribution in [-0.4, -0.2) is 17.9 Å². The van der Waals surface area contributed by atoms with Crippen LogP contribution in [0.5, 0.6) is 0 Å². The molecule has 0 bridgehead atoms. The summed E-state index contributed by atoms with van der Waals surface area (Å²) in [6.07, 6.45) is -0.314. The molecule has 3 N–H and O–H groups in total. The number of hydrogen-bond donors (Lipinski definition) is 2. The second-order valence-corrected chi connectivity index (χ2v) is 6.20. The number of hydrogen-bond acceptors (Lipinski definition) is 2. The molecule has 0 unspecified atom stereocenters. The zero-order chi connectivity index (χ0) is 18.6. The fourth-order valence-corrected chi connectivity index (χ4v) is 2.85. The van der Waals surface area contributed by atoms with Gasteiger partial charge in [-0.15, -0.1) is 0 Å². The molecule has 2 amide bonds. The van der Waals surface area contributed by atoms with Crippen LogP contribution in [-0.2, 0) is 22.4 Å². The summed E-state index contributed by atoms with van der Waals surface area (Å²) in [5.41, 5.74) is 5.91. The number of nitrogens with one attached hydrogen (secondary N) is 1. The number of carbonyl (C=O) groups is 2. The molecule has 4 nitrogen and oxygen atoms in total. The third-order valence-electron chi connectivity index (χ3n) is 3.44. The predicted octanol–water partition coefficient (Wildman–Crippen LogP) is 3.03. The molecule has 0 spiro atoms. The first-order valence-corrected chi connectivity index (χ1v) is 7.98. The summed E-state index contributed by atoms with van der Waals surface area (Å²) in [7, 11) is 0. The molecule has 0 aliphatic heterocycles. The van der Waals surface area contributed by atoms with E-state index in [1.807, 2.05) is 0 Å². The monoisotopic (exact) mass is 386 g/mol. The highest BCUT2D eigenvalue weighted by Crippen LogP contribution is 2.25. The molecule has 2 rings (SSSR count). The van der Waals surface area contributed by atoms with Crippen LogP contribution in [0.4, 0.5) is 8.78 Å². The largest absolute Gasteiger partial charge is 0.368 e. The van der Waals surface area contributed by atoms with Gasteiger partial charge in [-0.1, -0.05) is 29.3 Å². The first-order valence-electron chi connectivity index (χ1n) is 7.23. The summed E-state index contributed by atoms with van der Waals surface area (Å²) < 4.78 is 26.3. The van der Waals surface area contributed by atoms with Crippen molar-refractivity contribution < 1.29 is 18.4 Å². The SMILES string of the molecule is NC(=O)[C@H](Cc1c(Cl)cccc1Cl)NC(=O)Cc1cc(F)cc(F)c1. The highest BCUT2D eigenvalue weighted by molar-refractivity contribution is 6.36. The standard InChI is InChI=1S/C17H14Cl2F2N2O2/c18-13-2-1-3-14(19)12(13)8-15(17(22)25)23-16(24)6-9-4-10(20)7-11(21)5-9/h1-5,7,15H,6,8H2,(H2,22,25)(H,23,24)/t15-/m0/s1. The highest BCUT2D eigenvalue weighted by atomic mass is 35.5. The van der Waals surface area contributed by atoms with Crippen molar-refractivity contribution in [2.75, 3.05) is 0 Å². The predicted molar refractivity (Wildman–Crippen MR) is 91.4 cm³/mol. The van der Waals surface area contributed by atoms with Crippen molar-refractivity contribution in [1.29, 1.82) is 0 Å². The summed E-state index contributed by atoms with van der Waals surface area (Å²) in [5, 5.41) is 3.10. The second kappa shape index (κ2) is 8.27. The molecule has 0 aromatic heterocycles. The Hall–Kier alpha value is -2.18. The Morgan fingerprint density at radius 1 is 1.08 bits per heavy atom. The maximum Gasteiger partial charge on any atom is 0.240 e. The summed E-state index contributed by atoms with van der Waals surface area (Å²) in [6, 6.07) is 6.54. The molecular weight excluding hydrogens is 373 g/mol. The third kappa shape index (κ3) is 5.41. The number of benzene rings is 2. The first-order chi connectivity index (χ1) is 11.8. The average Bonchev–Trinajstić information content (AvgIpc) is 2.48.